The number of alkyl halides is 3. The second-order valence-electron chi connectivity index (χ2n) is 6.77. The number of aromatic nitrogens is 2. The summed E-state index contributed by atoms with van der Waals surface area (Å²) < 4.78 is 66.3. The maximum absolute atomic E-state index is 12.8. The van der Waals surface area contributed by atoms with Crippen LogP contribution in [0.4, 0.5) is 24.7 Å². The Kier molecular flexibility index (Phi) is 5.78. The van der Waals surface area contributed by atoms with Crippen molar-refractivity contribution < 1.29 is 26.5 Å². The van der Waals surface area contributed by atoms with Gasteiger partial charge in [0, 0.05) is 33.2 Å². The van der Waals surface area contributed by atoms with Gasteiger partial charge in [-0.05, 0) is 30.7 Å². The number of hydrogen-bond acceptors (Lipinski definition) is 6. The zero-order valence-electron chi connectivity index (χ0n) is 16.3. The molecule has 1 fully saturated rings. The van der Waals surface area contributed by atoms with E-state index in [0.717, 1.165) is 28.6 Å². The summed E-state index contributed by atoms with van der Waals surface area (Å²) in [5, 5.41) is 15.7. The predicted molar refractivity (Wildman–Crippen MR) is 102 cm³/mol. The van der Waals surface area contributed by atoms with Gasteiger partial charge in [-0.1, -0.05) is 6.92 Å². The molecule has 0 saturated carbocycles. The molecule has 0 unspecified atom stereocenters. The van der Waals surface area contributed by atoms with Gasteiger partial charge in [-0.3, -0.25) is 10.1 Å². The number of sulfonamides is 1. The fourth-order valence-corrected chi connectivity index (χ4v) is 4.87. The van der Waals surface area contributed by atoms with Crippen LogP contribution in [-0.4, -0.2) is 53.6 Å². The summed E-state index contributed by atoms with van der Waals surface area (Å²) in [5.41, 5.74) is -0.683. The van der Waals surface area contributed by atoms with Crippen LogP contribution in [0, 0.1) is 10.1 Å². The van der Waals surface area contributed by atoms with Crippen molar-refractivity contribution in [2.75, 3.05) is 31.1 Å². The molecule has 2 heterocycles. The van der Waals surface area contributed by atoms with E-state index in [0.29, 0.717) is 17.9 Å². The summed E-state index contributed by atoms with van der Waals surface area (Å²) in [7, 11) is -2.39. The number of halogens is 3. The van der Waals surface area contributed by atoms with Gasteiger partial charge in [0.15, 0.2) is 0 Å². The van der Waals surface area contributed by atoms with E-state index >= 15 is 0 Å². The first-order valence-electron chi connectivity index (χ1n) is 9.09. The van der Waals surface area contributed by atoms with Crippen molar-refractivity contribution in [1.29, 1.82) is 0 Å². The maximum Gasteiger partial charge on any atom is 0.416 e. The van der Waals surface area contributed by atoms with Crippen molar-refractivity contribution in [3.63, 3.8) is 0 Å². The standard InChI is InChI=1S/C17H20F3N5O4S/c1-3-14-15(25(26)27)16(22(2)21-14)23-8-10-24(11-9-23)30(28,29)13-6-4-12(5-7-13)17(18,19)20/h4-7H,3,8-11H2,1-2H3. The summed E-state index contributed by atoms with van der Waals surface area (Å²) >= 11 is 0. The largest absolute Gasteiger partial charge is 0.416 e. The van der Waals surface area contributed by atoms with Crippen LogP contribution in [0.3, 0.4) is 0 Å². The zero-order valence-corrected chi connectivity index (χ0v) is 17.1. The number of anilines is 1. The fourth-order valence-electron chi connectivity index (χ4n) is 3.44. The van der Waals surface area contributed by atoms with Crippen LogP contribution in [-0.2, 0) is 29.7 Å². The van der Waals surface area contributed by atoms with Crippen LogP contribution in [0.5, 0.6) is 0 Å². The molecule has 0 N–H and O–H groups in total. The molecule has 1 aromatic heterocycles. The maximum atomic E-state index is 12.8. The Morgan fingerprint density at radius 2 is 1.70 bits per heavy atom. The molecular formula is C17H20F3N5O4S. The molecule has 13 heteroatoms. The minimum Gasteiger partial charge on any atom is -0.348 e. The lowest BCUT2D eigenvalue weighted by Crippen LogP contribution is -2.49. The van der Waals surface area contributed by atoms with Gasteiger partial charge in [-0.15, -0.1) is 0 Å². The Morgan fingerprint density at radius 1 is 1.13 bits per heavy atom. The number of benzene rings is 1. The topological polar surface area (TPSA) is 102 Å². The highest BCUT2D eigenvalue weighted by Gasteiger charge is 2.35. The third-order valence-electron chi connectivity index (χ3n) is 4.94. The van der Waals surface area contributed by atoms with Crippen molar-refractivity contribution in [3.8, 4) is 0 Å². The third-order valence-corrected chi connectivity index (χ3v) is 6.85. The van der Waals surface area contributed by atoms with Gasteiger partial charge < -0.3 is 4.90 Å². The number of rotatable bonds is 5. The molecule has 0 bridgehead atoms. The van der Waals surface area contributed by atoms with E-state index in [1.165, 1.54) is 4.68 Å². The molecule has 0 radical (unpaired) electrons. The quantitative estimate of drug-likeness (QED) is 0.515. The van der Waals surface area contributed by atoms with Crippen molar-refractivity contribution >= 4 is 21.5 Å². The normalized spacial score (nSPS) is 16.1. The van der Waals surface area contributed by atoms with Crippen molar-refractivity contribution in [1.82, 2.24) is 14.1 Å². The van der Waals surface area contributed by atoms with Gasteiger partial charge in [-0.2, -0.15) is 22.6 Å². The van der Waals surface area contributed by atoms with Crippen LogP contribution in [0.2, 0.25) is 0 Å². The third kappa shape index (κ3) is 3.99. The highest BCUT2D eigenvalue weighted by Crippen LogP contribution is 2.33. The molecule has 3 rings (SSSR count). The Morgan fingerprint density at radius 3 is 2.17 bits per heavy atom. The first-order valence-corrected chi connectivity index (χ1v) is 10.5. The van der Waals surface area contributed by atoms with Gasteiger partial charge >= 0.3 is 11.9 Å². The van der Waals surface area contributed by atoms with Crippen molar-refractivity contribution in [2.45, 2.75) is 24.4 Å². The predicted octanol–water partition coefficient (Wildman–Crippen LogP) is 2.42. The van der Waals surface area contributed by atoms with Gasteiger partial charge in [0.05, 0.1) is 15.4 Å². The average Bonchev–Trinajstić information content (AvgIpc) is 3.04. The average molecular weight is 447 g/mol. The lowest BCUT2D eigenvalue weighted by molar-refractivity contribution is -0.384. The van der Waals surface area contributed by atoms with E-state index in [9.17, 15) is 31.7 Å². The molecule has 1 aromatic carbocycles. The molecule has 0 atom stereocenters. The zero-order chi connectivity index (χ0) is 22.3. The number of hydrogen-bond donors (Lipinski definition) is 0. The number of aryl methyl sites for hydroxylation is 2. The lowest BCUT2D eigenvalue weighted by atomic mass is 10.2. The van der Waals surface area contributed by atoms with Crippen molar-refractivity contribution in [2.24, 2.45) is 7.05 Å². The SMILES string of the molecule is CCc1nn(C)c(N2CCN(S(=O)(=O)c3ccc(C(F)(F)F)cc3)CC2)c1[N+](=O)[O-]. The molecule has 0 amide bonds. The highest BCUT2D eigenvalue weighted by atomic mass is 32.2. The smallest absolute Gasteiger partial charge is 0.348 e. The Labute approximate surface area is 170 Å². The minimum absolute atomic E-state index is 0.0349. The molecule has 164 valence electrons. The number of piperazine rings is 1. The summed E-state index contributed by atoms with van der Waals surface area (Å²) in [6.07, 6.45) is -4.17. The molecular weight excluding hydrogens is 427 g/mol. The van der Waals surface area contributed by atoms with Gasteiger partial charge in [0.25, 0.3) is 0 Å². The molecule has 2 aromatic rings. The highest BCUT2D eigenvalue weighted by molar-refractivity contribution is 7.89. The van der Waals surface area contributed by atoms with Crippen LogP contribution in [0.15, 0.2) is 29.2 Å². The van der Waals surface area contributed by atoms with E-state index in [4.69, 9.17) is 0 Å². The lowest BCUT2D eigenvalue weighted by Gasteiger charge is -2.34. The second kappa shape index (κ2) is 7.87. The van der Waals surface area contributed by atoms with Crippen LogP contribution >= 0.6 is 0 Å². The van der Waals surface area contributed by atoms with Crippen molar-refractivity contribution in [3.05, 3.63) is 45.6 Å². The Balaban J connectivity index is 1.79. The van der Waals surface area contributed by atoms with E-state index in [-0.39, 0.29) is 36.8 Å². The molecule has 9 nitrogen and oxygen atoms in total. The first kappa shape index (κ1) is 22.0. The summed E-state index contributed by atoms with van der Waals surface area (Å²) in [6, 6.07) is 3.33. The second-order valence-corrected chi connectivity index (χ2v) is 8.70. The number of nitro groups is 1. The Bertz CT molecular complexity index is 1040. The number of nitrogens with zero attached hydrogens (tertiary/aromatic N) is 5. The van der Waals surface area contributed by atoms with Gasteiger partial charge in [0.1, 0.15) is 5.69 Å². The molecule has 0 spiro atoms. The molecule has 1 saturated heterocycles. The monoisotopic (exact) mass is 447 g/mol. The minimum atomic E-state index is -4.55. The van der Waals surface area contributed by atoms with E-state index < -0.39 is 26.7 Å². The summed E-state index contributed by atoms with van der Waals surface area (Å²) in [6.45, 7) is 2.20. The van der Waals surface area contributed by atoms with Gasteiger partial charge in [0.2, 0.25) is 15.8 Å². The molecule has 30 heavy (non-hydrogen) atoms. The van der Waals surface area contributed by atoms with Crippen LogP contribution < -0.4 is 4.90 Å². The summed E-state index contributed by atoms with van der Waals surface area (Å²) in [5.74, 6) is 0.309. The van der Waals surface area contributed by atoms with Gasteiger partial charge in [-0.25, -0.2) is 13.1 Å². The molecule has 1 aliphatic heterocycles. The summed E-state index contributed by atoms with van der Waals surface area (Å²) in [4.78, 5) is 12.5. The first-order chi connectivity index (χ1) is 14.0. The Hall–Kier alpha value is -2.67. The van der Waals surface area contributed by atoms with E-state index in [1.54, 1.807) is 18.9 Å². The fraction of sp³-hybridized carbons (Fsp3) is 0.471. The molecule has 1 aliphatic rings. The molecule has 0 aliphatic carbocycles. The van der Waals surface area contributed by atoms with E-state index in [1.807, 2.05) is 0 Å². The van der Waals surface area contributed by atoms with E-state index in [2.05, 4.69) is 5.10 Å². The van der Waals surface area contributed by atoms with Crippen LogP contribution in [0.1, 0.15) is 18.2 Å². The van der Waals surface area contributed by atoms with Crippen LogP contribution in [0.25, 0.3) is 0 Å².